The van der Waals surface area contributed by atoms with E-state index in [2.05, 4.69) is 5.32 Å². The van der Waals surface area contributed by atoms with Crippen LogP contribution in [0.3, 0.4) is 0 Å². The van der Waals surface area contributed by atoms with Gasteiger partial charge in [0, 0.05) is 4.88 Å². The van der Waals surface area contributed by atoms with Crippen LogP contribution in [0.4, 0.5) is 4.39 Å². The van der Waals surface area contributed by atoms with Crippen LogP contribution < -0.4 is 5.32 Å². The number of benzene rings is 1. The van der Waals surface area contributed by atoms with Crippen LogP contribution in [0.25, 0.3) is 0 Å². The van der Waals surface area contributed by atoms with Crippen molar-refractivity contribution in [2.75, 3.05) is 0 Å². The van der Waals surface area contributed by atoms with E-state index in [1.54, 1.807) is 11.3 Å². The normalized spacial score (nSPS) is 17.6. The Hall–Kier alpha value is -1.88. The second-order valence-corrected chi connectivity index (χ2v) is 5.88. The molecule has 2 aromatic rings. The molecule has 0 bridgehead atoms. The molecule has 1 unspecified atom stereocenters. The molecule has 0 fully saturated rings. The number of amides is 1. The number of aryl methyl sites for hydroxylation is 1. The molecule has 1 atom stereocenters. The molecule has 1 heterocycles. The fourth-order valence-corrected chi connectivity index (χ4v) is 3.55. The molecule has 1 aromatic heterocycles. The van der Waals surface area contributed by atoms with Gasteiger partial charge in [-0.25, -0.2) is 4.39 Å². The smallest absolute Gasteiger partial charge is 0.255 e. The van der Waals surface area contributed by atoms with Crippen LogP contribution in [-0.4, -0.2) is 11.0 Å². The fourth-order valence-electron chi connectivity index (χ4n) is 2.56. The van der Waals surface area contributed by atoms with Crippen molar-refractivity contribution < 1.29 is 14.3 Å². The van der Waals surface area contributed by atoms with Gasteiger partial charge in [-0.1, -0.05) is 0 Å². The lowest BCUT2D eigenvalue weighted by Crippen LogP contribution is -2.30. The first kappa shape index (κ1) is 13.1. The van der Waals surface area contributed by atoms with Crippen molar-refractivity contribution in [3.63, 3.8) is 0 Å². The molecule has 1 aliphatic carbocycles. The van der Waals surface area contributed by atoms with Crippen molar-refractivity contribution in [3.8, 4) is 5.75 Å². The van der Waals surface area contributed by atoms with Crippen LogP contribution in [0.2, 0.25) is 0 Å². The van der Waals surface area contributed by atoms with Gasteiger partial charge in [0.25, 0.3) is 5.91 Å². The first-order valence-electron chi connectivity index (χ1n) is 6.51. The van der Waals surface area contributed by atoms with Crippen LogP contribution in [0.1, 0.15) is 39.7 Å². The van der Waals surface area contributed by atoms with Crippen molar-refractivity contribution in [2.24, 2.45) is 0 Å². The average molecular weight is 291 g/mol. The van der Waals surface area contributed by atoms with E-state index in [9.17, 15) is 14.3 Å². The maximum absolute atomic E-state index is 13.2. The molecule has 3 nitrogen and oxygen atoms in total. The van der Waals surface area contributed by atoms with Crippen LogP contribution in [0, 0.1) is 5.82 Å². The van der Waals surface area contributed by atoms with Crippen molar-refractivity contribution in [2.45, 2.75) is 25.3 Å². The Kier molecular flexibility index (Phi) is 3.44. The van der Waals surface area contributed by atoms with Gasteiger partial charge in [-0.3, -0.25) is 4.79 Å². The van der Waals surface area contributed by atoms with E-state index < -0.39 is 11.7 Å². The zero-order valence-corrected chi connectivity index (χ0v) is 11.5. The summed E-state index contributed by atoms with van der Waals surface area (Å²) in [5.41, 5.74) is 1.12. The van der Waals surface area contributed by atoms with E-state index in [1.165, 1.54) is 10.9 Å². The average Bonchev–Trinajstić information content (AvgIpc) is 2.91. The summed E-state index contributed by atoms with van der Waals surface area (Å²) in [6, 6.07) is 5.35. The van der Waals surface area contributed by atoms with E-state index in [0.717, 1.165) is 37.0 Å². The summed E-state index contributed by atoms with van der Waals surface area (Å²) < 4.78 is 13.2. The largest absolute Gasteiger partial charge is 0.507 e. The molecule has 0 spiro atoms. The second kappa shape index (κ2) is 5.25. The van der Waals surface area contributed by atoms with E-state index in [-0.39, 0.29) is 17.4 Å². The highest BCUT2D eigenvalue weighted by Gasteiger charge is 2.24. The third-order valence-corrected chi connectivity index (χ3v) is 4.56. The Labute approximate surface area is 120 Å². The highest BCUT2D eigenvalue weighted by Crippen LogP contribution is 2.33. The van der Waals surface area contributed by atoms with Crippen LogP contribution in [0.5, 0.6) is 5.75 Å². The lowest BCUT2D eigenvalue weighted by atomic mass is 9.94. The molecule has 0 aliphatic heterocycles. The van der Waals surface area contributed by atoms with Gasteiger partial charge in [0.15, 0.2) is 0 Å². The Bertz CT molecular complexity index is 653. The number of hydrogen-bond acceptors (Lipinski definition) is 3. The van der Waals surface area contributed by atoms with E-state index in [1.807, 2.05) is 11.4 Å². The number of fused-ring (bicyclic) bond motifs is 1. The molecule has 104 valence electrons. The minimum absolute atomic E-state index is 0.0210. The molecule has 1 aromatic carbocycles. The number of halogens is 1. The summed E-state index contributed by atoms with van der Waals surface area (Å²) in [6.45, 7) is 0. The van der Waals surface area contributed by atoms with E-state index in [4.69, 9.17) is 0 Å². The quantitative estimate of drug-likeness (QED) is 0.891. The first-order chi connectivity index (χ1) is 9.65. The predicted octanol–water partition coefficient (Wildman–Crippen LogP) is 3.40. The van der Waals surface area contributed by atoms with Crippen LogP contribution in [-0.2, 0) is 6.42 Å². The monoisotopic (exact) mass is 291 g/mol. The van der Waals surface area contributed by atoms with Crippen molar-refractivity contribution >= 4 is 17.2 Å². The number of aromatic hydroxyl groups is 1. The third kappa shape index (κ3) is 2.41. The summed E-state index contributed by atoms with van der Waals surface area (Å²) >= 11 is 1.70. The molecule has 5 heteroatoms. The lowest BCUT2D eigenvalue weighted by molar-refractivity contribution is 0.0929. The van der Waals surface area contributed by atoms with Gasteiger partial charge >= 0.3 is 0 Å². The summed E-state index contributed by atoms with van der Waals surface area (Å²) in [5.74, 6) is -1.18. The van der Waals surface area contributed by atoms with Gasteiger partial charge in [0.1, 0.15) is 11.6 Å². The number of rotatable bonds is 2. The number of phenols is 1. The molecular formula is C15H14FNO2S. The minimum Gasteiger partial charge on any atom is -0.507 e. The Morgan fingerprint density at radius 3 is 3.10 bits per heavy atom. The maximum Gasteiger partial charge on any atom is 0.255 e. The molecule has 1 aliphatic rings. The number of carbonyl (C=O) groups is 1. The highest BCUT2D eigenvalue weighted by molar-refractivity contribution is 7.10. The van der Waals surface area contributed by atoms with Crippen LogP contribution in [0.15, 0.2) is 29.6 Å². The highest BCUT2D eigenvalue weighted by atomic mass is 32.1. The maximum atomic E-state index is 13.2. The predicted molar refractivity (Wildman–Crippen MR) is 75.5 cm³/mol. The number of carbonyl (C=O) groups excluding carboxylic acids is 1. The van der Waals surface area contributed by atoms with Crippen molar-refractivity contribution in [1.29, 1.82) is 0 Å². The van der Waals surface area contributed by atoms with Gasteiger partial charge in [0.05, 0.1) is 11.6 Å². The molecular weight excluding hydrogens is 277 g/mol. The lowest BCUT2D eigenvalue weighted by Gasteiger charge is -2.23. The molecule has 1 amide bonds. The third-order valence-electron chi connectivity index (χ3n) is 3.56. The number of hydrogen-bond donors (Lipinski definition) is 2. The number of thiophene rings is 1. The summed E-state index contributed by atoms with van der Waals surface area (Å²) in [5, 5.41) is 14.6. The van der Waals surface area contributed by atoms with Gasteiger partial charge in [-0.2, -0.15) is 0 Å². The van der Waals surface area contributed by atoms with Gasteiger partial charge in [-0.15, -0.1) is 11.3 Å². The van der Waals surface area contributed by atoms with Gasteiger partial charge < -0.3 is 10.4 Å². The molecule has 3 rings (SSSR count). The minimum atomic E-state index is -0.534. The molecule has 0 radical (unpaired) electrons. The van der Waals surface area contributed by atoms with Gasteiger partial charge in [0.2, 0.25) is 0 Å². The first-order valence-corrected chi connectivity index (χ1v) is 7.39. The fraction of sp³-hybridized carbons (Fsp3) is 0.267. The standard InChI is InChI=1S/C15H14FNO2S/c16-9-4-5-13(18)11(8-9)15(19)17-12-2-1-3-14-10(12)6-7-20-14/h4-8,12,18H,1-3H2,(H,17,19). The van der Waals surface area contributed by atoms with Crippen molar-refractivity contribution in [3.05, 3.63) is 51.5 Å². The second-order valence-electron chi connectivity index (χ2n) is 4.88. The SMILES string of the molecule is O=C(NC1CCCc2sccc21)c1cc(F)ccc1O. The summed E-state index contributed by atoms with van der Waals surface area (Å²) in [4.78, 5) is 13.5. The zero-order chi connectivity index (χ0) is 14.1. The number of phenolic OH excluding ortho intramolecular Hbond substituents is 1. The molecule has 0 saturated carbocycles. The molecule has 0 saturated heterocycles. The Balaban J connectivity index is 1.82. The van der Waals surface area contributed by atoms with Crippen molar-refractivity contribution in [1.82, 2.24) is 5.32 Å². The number of nitrogens with one attached hydrogen (secondary N) is 1. The summed E-state index contributed by atoms with van der Waals surface area (Å²) in [7, 11) is 0. The van der Waals surface area contributed by atoms with E-state index >= 15 is 0 Å². The van der Waals surface area contributed by atoms with E-state index in [0.29, 0.717) is 0 Å². The summed E-state index contributed by atoms with van der Waals surface area (Å²) in [6.07, 6.45) is 2.93. The Morgan fingerprint density at radius 2 is 2.25 bits per heavy atom. The van der Waals surface area contributed by atoms with Gasteiger partial charge in [-0.05, 0) is 54.5 Å². The molecule has 20 heavy (non-hydrogen) atoms. The Morgan fingerprint density at radius 1 is 1.40 bits per heavy atom. The molecule has 2 N–H and O–H groups in total. The zero-order valence-electron chi connectivity index (χ0n) is 10.7. The van der Waals surface area contributed by atoms with Crippen LogP contribution >= 0.6 is 11.3 Å². The topological polar surface area (TPSA) is 49.3 Å².